The maximum atomic E-state index is 13.7. The summed E-state index contributed by atoms with van der Waals surface area (Å²) in [4.78, 5) is 27.8. The lowest BCUT2D eigenvalue weighted by Crippen LogP contribution is -2.36. The highest BCUT2D eigenvalue weighted by Crippen LogP contribution is 2.30. The molecule has 0 aliphatic carbocycles. The van der Waals surface area contributed by atoms with E-state index in [9.17, 15) is 26.8 Å². The molecule has 13 heteroatoms. The second-order valence-electron chi connectivity index (χ2n) is 9.79. The van der Waals surface area contributed by atoms with Gasteiger partial charge in [-0.1, -0.05) is 12.1 Å². The molecule has 3 N–H and O–H groups in total. The van der Waals surface area contributed by atoms with Crippen molar-refractivity contribution in [1.82, 2.24) is 19.4 Å². The van der Waals surface area contributed by atoms with Crippen LogP contribution in [-0.4, -0.2) is 66.3 Å². The summed E-state index contributed by atoms with van der Waals surface area (Å²) in [5, 5.41) is 12.6. The Balaban J connectivity index is 1.32. The first-order valence-corrected chi connectivity index (χ1v) is 14.0. The number of likely N-dealkylation sites (tertiary alicyclic amines) is 1. The molecule has 2 aromatic carbocycles. The highest BCUT2D eigenvalue weighted by atomic mass is 32.2. The quantitative estimate of drug-likeness (QED) is 0.427. The number of carbonyl (C=O) groups is 2. The molecular weight excluding hydrogens is 530 g/mol. The lowest BCUT2D eigenvalue weighted by atomic mass is 9.96. The number of hydrogen-bond acceptors (Lipinski definition) is 6. The monoisotopic (exact) mass is 558 g/mol. The van der Waals surface area contributed by atoms with Crippen molar-refractivity contribution >= 4 is 33.3 Å². The Morgan fingerprint density at radius 1 is 1.03 bits per heavy atom. The van der Waals surface area contributed by atoms with Gasteiger partial charge in [0.15, 0.2) is 5.82 Å². The Bertz CT molecular complexity index is 1500. The van der Waals surface area contributed by atoms with Crippen molar-refractivity contribution in [2.75, 3.05) is 37.3 Å². The van der Waals surface area contributed by atoms with E-state index in [0.29, 0.717) is 23.0 Å². The van der Waals surface area contributed by atoms with E-state index in [1.54, 1.807) is 24.3 Å². The average Bonchev–Trinajstić information content (AvgIpc) is 3.30. The summed E-state index contributed by atoms with van der Waals surface area (Å²) in [7, 11) is -2.20. The highest BCUT2D eigenvalue weighted by Gasteiger charge is 2.32. The van der Waals surface area contributed by atoms with E-state index in [1.807, 2.05) is 7.05 Å². The molecule has 206 valence electrons. The van der Waals surface area contributed by atoms with Crippen molar-refractivity contribution in [3.63, 3.8) is 0 Å². The number of nitrogens with one attached hydrogen (secondary N) is 3. The first-order chi connectivity index (χ1) is 18.6. The fourth-order valence-electron chi connectivity index (χ4n) is 4.88. The molecule has 0 unspecified atom stereocenters. The number of aromatic nitrogens is 2. The molecule has 2 aliphatic heterocycles. The number of benzene rings is 2. The number of H-pyrrole nitrogens is 1. The van der Waals surface area contributed by atoms with Gasteiger partial charge in [-0.25, -0.2) is 17.2 Å². The summed E-state index contributed by atoms with van der Waals surface area (Å²) >= 11 is 0. The molecule has 2 aliphatic rings. The van der Waals surface area contributed by atoms with E-state index in [-0.39, 0.29) is 42.7 Å². The van der Waals surface area contributed by atoms with Gasteiger partial charge in [-0.2, -0.15) is 9.40 Å². The Hall–Kier alpha value is -3.68. The SMILES string of the molecule is CN1CCC(C(=O)Nc2ccccc2C(=O)Nc2n[nH]c3c2CN(S(=O)(=O)c2cc(F)cc(F)c2)CC3)CC1. The van der Waals surface area contributed by atoms with Gasteiger partial charge in [-0.15, -0.1) is 0 Å². The number of amides is 2. The zero-order valence-electron chi connectivity index (χ0n) is 21.2. The average molecular weight is 559 g/mol. The molecule has 3 aromatic rings. The van der Waals surface area contributed by atoms with Crippen molar-refractivity contribution in [1.29, 1.82) is 0 Å². The van der Waals surface area contributed by atoms with Crippen LogP contribution < -0.4 is 10.6 Å². The molecule has 1 aromatic heterocycles. The largest absolute Gasteiger partial charge is 0.325 e. The summed E-state index contributed by atoms with van der Waals surface area (Å²) in [6.45, 7) is 1.56. The summed E-state index contributed by atoms with van der Waals surface area (Å²) in [6, 6.07) is 8.75. The van der Waals surface area contributed by atoms with E-state index in [0.717, 1.165) is 42.4 Å². The second-order valence-corrected chi connectivity index (χ2v) is 11.7. The number of carbonyl (C=O) groups excluding carboxylic acids is 2. The molecule has 0 bridgehead atoms. The number of hydrogen-bond donors (Lipinski definition) is 3. The van der Waals surface area contributed by atoms with Crippen molar-refractivity contribution in [2.45, 2.75) is 30.7 Å². The van der Waals surface area contributed by atoms with Crippen LogP contribution in [0.15, 0.2) is 47.4 Å². The van der Waals surface area contributed by atoms with Crippen LogP contribution >= 0.6 is 0 Å². The Labute approximate surface area is 224 Å². The fraction of sp³-hybridized carbons (Fsp3) is 0.346. The van der Waals surface area contributed by atoms with Crippen LogP contribution in [0.3, 0.4) is 0 Å². The van der Waals surface area contributed by atoms with Crippen molar-refractivity contribution in [3.8, 4) is 0 Å². The number of piperidine rings is 1. The van der Waals surface area contributed by atoms with Gasteiger partial charge in [0.2, 0.25) is 15.9 Å². The third-order valence-electron chi connectivity index (χ3n) is 7.12. The molecule has 0 atom stereocenters. The van der Waals surface area contributed by atoms with Crippen molar-refractivity contribution in [2.24, 2.45) is 5.92 Å². The molecule has 2 amide bonds. The normalized spacial score (nSPS) is 17.0. The maximum absolute atomic E-state index is 13.7. The lowest BCUT2D eigenvalue weighted by Gasteiger charge is -2.28. The van der Waals surface area contributed by atoms with Gasteiger partial charge in [0, 0.05) is 42.8 Å². The standard InChI is InChI=1S/C26H28F2N6O4S/c1-33-9-6-16(7-10-33)25(35)29-22-5-3-2-4-20(22)26(36)30-24-21-15-34(11-8-23(21)31-32-24)39(37,38)19-13-17(27)12-18(28)14-19/h2-5,12-14,16H,6-11,15H2,1H3,(H,29,35)(H2,30,31,32,36). The summed E-state index contributed by atoms with van der Waals surface area (Å²) in [5.74, 6) is -2.67. The molecule has 0 saturated carbocycles. The Kier molecular flexibility index (Phi) is 7.47. The fourth-order valence-corrected chi connectivity index (χ4v) is 6.33. The zero-order chi connectivity index (χ0) is 27.7. The van der Waals surface area contributed by atoms with Crippen LogP contribution in [0.5, 0.6) is 0 Å². The van der Waals surface area contributed by atoms with Crippen LogP contribution in [0.1, 0.15) is 34.5 Å². The van der Waals surface area contributed by atoms with E-state index in [2.05, 4.69) is 25.7 Å². The summed E-state index contributed by atoms with van der Waals surface area (Å²) in [6.07, 6.45) is 1.73. The number of anilines is 2. The second kappa shape index (κ2) is 10.8. The first-order valence-electron chi connectivity index (χ1n) is 12.5. The van der Waals surface area contributed by atoms with Crippen LogP contribution in [0.4, 0.5) is 20.3 Å². The number of rotatable bonds is 6. The van der Waals surface area contributed by atoms with E-state index < -0.39 is 32.5 Å². The minimum Gasteiger partial charge on any atom is -0.325 e. The highest BCUT2D eigenvalue weighted by molar-refractivity contribution is 7.89. The maximum Gasteiger partial charge on any atom is 0.258 e. The van der Waals surface area contributed by atoms with Crippen LogP contribution in [0.25, 0.3) is 0 Å². The van der Waals surface area contributed by atoms with Crippen LogP contribution in [0.2, 0.25) is 0 Å². The molecule has 1 saturated heterocycles. The van der Waals surface area contributed by atoms with Crippen LogP contribution in [-0.2, 0) is 27.8 Å². The minimum absolute atomic E-state index is 0.0644. The first kappa shape index (κ1) is 26.9. The molecule has 3 heterocycles. The third-order valence-corrected chi connectivity index (χ3v) is 8.95. The molecule has 5 rings (SSSR count). The number of para-hydroxylation sites is 1. The van der Waals surface area contributed by atoms with Gasteiger partial charge < -0.3 is 15.5 Å². The van der Waals surface area contributed by atoms with E-state index in [4.69, 9.17) is 0 Å². The minimum atomic E-state index is -4.21. The van der Waals surface area contributed by atoms with E-state index in [1.165, 1.54) is 0 Å². The Morgan fingerprint density at radius 3 is 2.44 bits per heavy atom. The smallest absolute Gasteiger partial charge is 0.258 e. The topological polar surface area (TPSA) is 128 Å². The predicted octanol–water partition coefficient (Wildman–Crippen LogP) is 2.97. The van der Waals surface area contributed by atoms with Crippen molar-refractivity contribution < 1.29 is 26.8 Å². The number of fused-ring (bicyclic) bond motifs is 1. The summed E-state index contributed by atoms with van der Waals surface area (Å²) in [5.41, 5.74) is 1.68. The van der Waals surface area contributed by atoms with Gasteiger partial charge >= 0.3 is 0 Å². The summed E-state index contributed by atoms with van der Waals surface area (Å²) < 4.78 is 54.7. The van der Waals surface area contributed by atoms with Gasteiger partial charge in [0.25, 0.3) is 5.91 Å². The number of halogens is 2. The number of nitrogens with zero attached hydrogens (tertiary/aromatic N) is 3. The number of aromatic amines is 1. The molecule has 0 spiro atoms. The predicted molar refractivity (Wildman–Crippen MR) is 139 cm³/mol. The van der Waals surface area contributed by atoms with Gasteiger partial charge in [0.1, 0.15) is 11.6 Å². The molecular formula is C26H28F2N6O4S. The lowest BCUT2D eigenvalue weighted by molar-refractivity contribution is -0.121. The third kappa shape index (κ3) is 5.70. The zero-order valence-corrected chi connectivity index (χ0v) is 22.0. The van der Waals surface area contributed by atoms with Crippen LogP contribution in [0, 0.1) is 17.6 Å². The Morgan fingerprint density at radius 2 is 1.72 bits per heavy atom. The van der Waals surface area contributed by atoms with Gasteiger partial charge in [-0.3, -0.25) is 14.7 Å². The molecule has 10 nitrogen and oxygen atoms in total. The molecule has 39 heavy (non-hydrogen) atoms. The number of sulfonamides is 1. The van der Waals surface area contributed by atoms with Crippen molar-refractivity contribution in [3.05, 3.63) is 70.9 Å². The van der Waals surface area contributed by atoms with Gasteiger partial charge in [-0.05, 0) is 57.2 Å². The van der Waals surface area contributed by atoms with E-state index >= 15 is 0 Å². The van der Waals surface area contributed by atoms with Gasteiger partial charge in [0.05, 0.1) is 16.1 Å². The molecule has 0 radical (unpaired) electrons. The molecule has 1 fully saturated rings.